The summed E-state index contributed by atoms with van der Waals surface area (Å²) in [5, 5.41) is 3.08. The molecule has 0 saturated carbocycles. The van der Waals surface area contributed by atoms with Crippen LogP contribution in [0.15, 0.2) is 0 Å². The van der Waals surface area contributed by atoms with Gasteiger partial charge in [-0.25, -0.2) is 0 Å². The lowest BCUT2D eigenvalue weighted by atomic mass is 9.95. The molecule has 0 fully saturated rings. The van der Waals surface area contributed by atoms with Gasteiger partial charge >= 0.3 is 0 Å². The minimum absolute atomic E-state index is 0.120. The van der Waals surface area contributed by atoms with Crippen LogP contribution in [0.4, 0.5) is 0 Å². The molecule has 0 aromatic heterocycles. The van der Waals surface area contributed by atoms with E-state index >= 15 is 0 Å². The number of carbonyl (C=O) groups excluding carboxylic acids is 1. The molecular formula is C12H24ClNO. The molecule has 90 valence electrons. The van der Waals surface area contributed by atoms with Crippen molar-refractivity contribution in [2.75, 3.05) is 5.88 Å². The molecule has 1 amide bonds. The Morgan fingerprint density at radius 1 is 1.33 bits per heavy atom. The van der Waals surface area contributed by atoms with Crippen molar-refractivity contribution in [2.24, 2.45) is 0 Å². The van der Waals surface area contributed by atoms with Crippen molar-refractivity contribution >= 4 is 17.5 Å². The maximum Gasteiger partial charge on any atom is 0.220 e. The standard InChI is InChI=1S/C12H24ClNO/c1-4-6-7-8-11(15)14-12(3,5-2)9-10-13/h4-10H2,1-3H3,(H,14,15). The number of alkyl halides is 1. The largest absolute Gasteiger partial charge is 0.351 e. The zero-order valence-electron chi connectivity index (χ0n) is 10.2. The Morgan fingerprint density at radius 2 is 2.00 bits per heavy atom. The van der Waals surface area contributed by atoms with Crippen LogP contribution in [0.1, 0.15) is 59.3 Å². The number of halogens is 1. The van der Waals surface area contributed by atoms with Crippen molar-refractivity contribution in [2.45, 2.75) is 64.8 Å². The molecule has 1 atom stereocenters. The lowest BCUT2D eigenvalue weighted by molar-refractivity contribution is -0.123. The van der Waals surface area contributed by atoms with Crippen LogP contribution in [0, 0.1) is 0 Å². The average Bonchev–Trinajstić information content (AvgIpc) is 2.18. The van der Waals surface area contributed by atoms with Crippen LogP contribution in [0.25, 0.3) is 0 Å². The number of hydrogen-bond acceptors (Lipinski definition) is 1. The number of hydrogen-bond donors (Lipinski definition) is 1. The third-order valence-corrected chi connectivity index (χ3v) is 3.06. The quantitative estimate of drug-likeness (QED) is 0.505. The molecule has 0 aliphatic carbocycles. The van der Waals surface area contributed by atoms with E-state index in [9.17, 15) is 4.79 Å². The van der Waals surface area contributed by atoms with E-state index in [0.717, 1.165) is 32.1 Å². The minimum atomic E-state index is -0.120. The van der Waals surface area contributed by atoms with Crippen molar-refractivity contribution in [1.82, 2.24) is 5.32 Å². The fourth-order valence-corrected chi connectivity index (χ4v) is 1.89. The fraction of sp³-hybridized carbons (Fsp3) is 0.917. The smallest absolute Gasteiger partial charge is 0.220 e. The fourth-order valence-electron chi connectivity index (χ4n) is 1.47. The van der Waals surface area contributed by atoms with Crippen LogP contribution in [0.3, 0.4) is 0 Å². The van der Waals surface area contributed by atoms with Crippen molar-refractivity contribution in [1.29, 1.82) is 0 Å². The van der Waals surface area contributed by atoms with Gasteiger partial charge in [-0.3, -0.25) is 4.79 Å². The maximum atomic E-state index is 11.6. The van der Waals surface area contributed by atoms with E-state index in [-0.39, 0.29) is 11.4 Å². The van der Waals surface area contributed by atoms with Gasteiger partial charge < -0.3 is 5.32 Å². The maximum absolute atomic E-state index is 11.6. The number of unbranched alkanes of at least 4 members (excludes halogenated alkanes) is 2. The van der Waals surface area contributed by atoms with Crippen LogP contribution < -0.4 is 5.32 Å². The molecule has 0 bridgehead atoms. The van der Waals surface area contributed by atoms with E-state index in [1.807, 2.05) is 0 Å². The highest BCUT2D eigenvalue weighted by molar-refractivity contribution is 6.17. The first-order valence-corrected chi connectivity index (χ1v) is 6.48. The van der Waals surface area contributed by atoms with Crippen molar-refractivity contribution in [3.8, 4) is 0 Å². The van der Waals surface area contributed by atoms with Crippen molar-refractivity contribution in [3.05, 3.63) is 0 Å². The molecule has 1 N–H and O–H groups in total. The molecule has 15 heavy (non-hydrogen) atoms. The van der Waals surface area contributed by atoms with Gasteiger partial charge in [0.1, 0.15) is 0 Å². The summed E-state index contributed by atoms with van der Waals surface area (Å²) in [4.78, 5) is 11.6. The van der Waals surface area contributed by atoms with Gasteiger partial charge in [0.2, 0.25) is 5.91 Å². The van der Waals surface area contributed by atoms with E-state index < -0.39 is 0 Å². The SMILES string of the molecule is CCCCCC(=O)NC(C)(CC)CCCl. The van der Waals surface area contributed by atoms with Crippen LogP contribution in [0.5, 0.6) is 0 Å². The summed E-state index contributed by atoms with van der Waals surface area (Å²) < 4.78 is 0. The molecule has 3 heteroatoms. The van der Waals surface area contributed by atoms with Crippen LogP contribution in [-0.2, 0) is 4.79 Å². The molecule has 0 aliphatic heterocycles. The van der Waals surface area contributed by atoms with Gasteiger partial charge in [-0.15, -0.1) is 11.6 Å². The topological polar surface area (TPSA) is 29.1 Å². The molecule has 0 radical (unpaired) electrons. The Balaban J connectivity index is 3.90. The number of nitrogens with one attached hydrogen (secondary N) is 1. The third-order valence-electron chi connectivity index (χ3n) is 2.88. The first-order chi connectivity index (χ1) is 7.08. The normalized spacial score (nSPS) is 14.7. The summed E-state index contributed by atoms with van der Waals surface area (Å²) in [6.07, 6.45) is 5.68. The number of amides is 1. The van der Waals surface area contributed by atoms with Crippen LogP contribution in [0.2, 0.25) is 0 Å². The highest BCUT2D eigenvalue weighted by atomic mass is 35.5. The lowest BCUT2D eigenvalue weighted by Crippen LogP contribution is -2.45. The van der Waals surface area contributed by atoms with Gasteiger partial charge in [0.25, 0.3) is 0 Å². The first kappa shape index (κ1) is 14.8. The summed E-state index contributed by atoms with van der Waals surface area (Å²) in [7, 11) is 0. The minimum Gasteiger partial charge on any atom is -0.351 e. The predicted octanol–water partition coefficient (Wildman–Crippen LogP) is 3.48. The summed E-state index contributed by atoms with van der Waals surface area (Å²) >= 11 is 5.72. The second-order valence-corrected chi connectivity index (χ2v) is 4.74. The van der Waals surface area contributed by atoms with Gasteiger partial charge in [-0.1, -0.05) is 26.7 Å². The molecule has 0 aliphatic rings. The highest BCUT2D eigenvalue weighted by Gasteiger charge is 2.22. The number of rotatable bonds is 8. The summed E-state index contributed by atoms with van der Waals surface area (Å²) in [6, 6.07) is 0. The Bertz CT molecular complexity index is 184. The first-order valence-electron chi connectivity index (χ1n) is 5.95. The van der Waals surface area contributed by atoms with Gasteiger partial charge in [-0.2, -0.15) is 0 Å². The van der Waals surface area contributed by atoms with Gasteiger partial charge in [0.15, 0.2) is 0 Å². The zero-order valence-corrected chi connectivity index (χ0v) is 11.0. The van der Waals surface area contributed by atoms with Crippen molar-refractivity contribution in [3.63, 3.8) is 0 Å². The van der Waals surface area contributed by atoms with E-state index in [1.54, 1.807) is 0 Å². The van der Waals surface area contributed by atoms with Gasteiger partial charge in [-0.05, 0) is 26.2 Å². The monoisotopic (exact) mass is 233 g/mol. The van der Waals surface area contributed by atoms with Gasteiger partial charge in [0, 0.05) is 17.8 Å². The Kier molecular flexibility index (Phi) is 7.85. The Hall–Kier alpha value is -0.240. The third kappa shape index (κ3) is 6.77. The van der Waals surface area contributed by atoms with Crippen LogP contribution in [-0.4, -0.2) is 17.3 Å². The second kappa shape index (κ2) is 7.98. The molecule has 0 aromatic rings. The van der Waals surface area contributed by atoms with E-state index in [0.29, 0.717) is 12.3 Å². The molecule has 0 saturated heterocycles. The van der Waals surface area contributed by atoms with E-state index in [4.69, 9.17) is 11.6 Å². The Labute approximate surface area is 98.8 Å². The van der Waals surface area contributed by atoms with Crippen molar-refractivity contribution < 1.29 is 4.79 Å². The average molecular weight is 234 g/mol. The molecule has 0 spiro atoms. The van der Waals surface area contributed by atoms with E-state index in [1.165, 1.54) is 0 Å². The molecule has 2 nitrogen and oxygen atoms in total. The van der Waals surface area contributed by atoms with E-state index in [2.05, 4.69) is 26.1 Å². The summed E-state index contributed by atoms with van der Waals surface area (Å²) in [6.45, 7) is 6.29. The van der Waals surface area contributed by atoms with Gasteiger partial charge in [0.05, 0.1) is 0 Å². The predicted molar refractivity (Wildman–Crippen MR) is 66.3 cm³/mol. The zero-order chi connectivity index (χ0) is 11.7. The summed E-state index contributed by atoms with van der Waals surface area (Å²) in [5.41, 5.74) is -0.120. The molecule has 0 rings (SSSR count). The molecule has 0 aromatic carbocycles. The number of carbonyl (C=O) groups is 1. The molecular weight excluding hydrogens is 210 g/mol. The summed E-state index contributed by atoms with van der Waals surface area (Å²) in [5.74, 6) is 0.762. The Morgan fingerprint density at radius 3 is 2.47 bits per heavy atom. The van der Waals surface area contributed by atoms with Crippen LogP contribution >= 0.6 is 11.6 Å². The molecule has 1 unspecified atom stereocenters. The second-order valence-electron chi connectivity index (χ2n) is 4.36. The molecule has 0 heterocycles. The highest BCUT2D eigenvalue weighted by Crippen LogP contribution is 2.15. The lowest BCUT2D eigenvalue weighted by Gasteiger charge is -2.29.